The zero-order valence-electron chi connectivity index (χ0n) is 12.3. The molecular weight excluding hydrogens is 356 g/mol. The van der Waals surface area contributed by atoms with Gasteiger partial charge in [-0.25, -0.2) is 0 Å². The third-order valence-electron chi connectivity index (χ3n) is 3.09. The lowest BCUT2D eigenvalue weighted by atomic mass is 10.2. The van der Waals surface area contributed by atoms with Crippen LogP contribution in [0.25, 0.3) is 0 Å². The maximum atomic E-state index is 6.23. The molecule has 1 aromatic carbocycles. The zero-order chi connectivity index (χ0) is 15.4. The number of aromatic nitrogens is 2. The topological polar surface area (TPSA) is 36.3 Å². The van der Waals surface area contributed by atoms with Crippen LogP contribution < -0.4 is 9.47 Å². The summed E-state index contributed by atoms with van der Waals surface area (Å²) < 4.78 is 13.2. The Morgan fingerprint density at radius 1 is 1.29 bits per heavy atom. The average Bonchev–Trinajstić information content (AvgIpc) is 2.71. The fraction of sp³-hybridized carbons (Fsp3) is 0.400. The van der Waals surface area contributed by atoms with Crippen molar-refractivity contribution in [1.82, 2.24) is 9.78 Å². The zero-order valence-corrected chi connectivity index (χ0v) is 14.7. The maximum Gasteiger partial charge on any atom is 0.161 e. The molecule has 0 saturated carbocycles. The van der Waals surface area contributed by atoms with Crippen molar-refractivity contribution in [2.45, 2.75) is 25.8 Å². The summed E-state index contributed by atoms with van der Waals surface area (Å²) in [6, 6.07) is 5.89. The minimum atomic E-state index is 0.351. The van der Waals surface area contributed by atoms with Crippen LogP contribution in [-0.2, 0) is 19.0 Å². The van der Waals surface area contributed by atoms with Crippen LogP contribution in [0.5, 0.6) is 11.5 Å². The molecule has 0 spiro atoms. The molecule has 1 aromatic heterocycles. The summed E-state index contributed by atoms with van der Waals surface area (Å²) in [7, 11) is 1.86. The average molecular weight is 374 g/mol. The van der Waals surface area contributed by atoms with E-state index >= 15 is 0 Å². The van der Waals surface area contributed by atoms with Gasteiger partial charge in [0.2, 0.25) is 0 Å². The first-order valence-corrected chi connectivity index (χ1v) is 8.19. The summed E-state index contributed by atoms with van der Waals surface area (Å²) in [5.74, 6) is 1.45. The third kappa shape index (κ3) is 3.71. The normalized spacial score (nSPS) is 10.7. The number of ether oxygens (including phenoxy) is 2. The highest BCUT2D eigenvalue weighted by atomic mass is 79.9. The first-order valence-electron chi connectivity index (χ1n) is 6.69. The minimum Gasteiger partial charge on any atom is -0.490 e. The van der Waals surface area contributed by atoms with Gasteiger partial charge in [-0.05, 0) is 31.5 Å². The van der Waals surface area contributed by atoms with Gasteiger partial charge in [0.05, 0.1) is 23.0 Å². The molecule has 0 unspecified atom stereocenters. The molecular formula is C15H18BrClN2O2. The smallest absolute Gasteiger partial charge is 0.161 e. The maximum absolute atomic E-state index is 6.23. The van der Waals surface area contributed by atoms with E-state index in [0.29, 0.717) is 24.0 Å². The van der Waals surface area contributed by atoms with Crippen molar-refractivity contribution >= 4 is 27.5 Å². The predicted molar refractivity (Wildman–Crippen MR) is 87.5 cm³/mol. The molecule has 0 saturated heterocycles. The highest BCUT2D eigenvalue weighted by Gasteiger charge is 2.13. The van der Waals surface area contributed by atoms with E-state index < -0.39 is 0 Å². The van der Waals surface area contributed by atoms with Crippen molar-refractivity contribution in [3.8, 4) is 11.5 Å². The van der Waals surface area contributed by atoms with Gasteiger partial charge in [0.25, 0.3) is 0 Å². The van der Waals surface area contributed by atoms with E-state index in [1.807, 2.05) is 39.1 Å². The molecule has 0 N–H and O–H groups in total. The molecule has 0 fully saturated rings. The first-order chi connectivity index (χ1) is 10.1. The second-order valence-corrected chi connectivity index (χ2v) is 5.54. The number of benzene rings is 1. The molecule has 21 heavy (non-hydrogen) atoms. The van der Waals surface area contributed by atoms with Crippen LogP contribution in [0.2, 0.25) is 5.02 Å². The van der Waals surface area contributed by atoms with Crippen molar-refractivity contribution in [2.24, 2.45) is 7.05 Å². The van der Waals surface area contributed by atoms with E-state index in [2.05, 4.69) is 21.0 Å². The van der Waals surface area contributed by atoms with E-state index in [4.69, 9.17) is 21.1 Å². The molecule has 0 bridgehead atoms. The van der Waals surface area contributed by atoms with Crippen molar-refractivity contribution in [3.63, 3.8) is 0 Å². The van der Waals surface area contributed by atoms with Crippen molar-refractivity contribution in [2.75, 3.05) is 6.61 Å². The Bertz CT molecular complexity index is 628. The largest absolute Gasteiger partial charge is 0.490 e. The van der Waals surface area contributed by atoms with Gasteiger partial charge >= 0.3 is 0 Å². The highest BCUT2D eigenvalue weighted by molar-refractivity contribution is 9.08. The minimum absolute atomic E-state index is 0.351. The van der Waals surface area contributed by atoms with Gasteiger partial charge < -0.3 is 9.47 Å². The Kier molecular flexibility index (Phi) is 5.53. The fourth-order valence-electron chi connectivity index (χ4n) is 2.01. The molecule has 1 heterocycles. The van der Waals surface area contributed by atoms with Crippen LogP contribution >= 0.6 is 27.5 Å². The Morgan fingerprint density at radius 3 is 2.62 bits per heavy atom. The van der Waals surface area contributed by atoms with Gasteiger partial charge in [0.15, 0.2) is 11.5 Å². The van der Waals surface area contributed by atoms with Crippen molar-refractivity contribution in [3.05, 3.63) is 40.2 Å². The van der Waals surface area contributed by atoms with Gasteiger partial charge in [-0.3, -0.25) is 4.68 Å². The molecule has 4 nitrogen and oxygen atoms in total. The lowest BCUT2D eigenvalue weighted by Crippen LogP contribution is -2.05. The van der Waals surface area contributed by atoms with E-state index in [9.17, 15) is 0 Å². The molecule has 114 valence electrons. The molecule has 0 amide bonds. The van der Waals surface area contributed by atoms with Crippen molar-refractivity contribution in [1.29, 1.82) is 0 Å². The number of hydrogen-bond acceptors (Lipinski definition) is 3. The summed E-state index contributed by atoms with van der Waals surface area (Å²) >= 11 is 9.67. The Balaban J connectivity index is 2.19. The van der Waals surface area contributed by atoms with Crippen LogP contribution in [0, 0.1) is 6.92 Å². The summed E-state index contributed by atoms with van der Waals surface area (Å²) in [5.41, 5.74) is 2.79. The lowest BCUT2D eigenvalue weighted by Gasteiger charge is -2.13. The summed E-state index contributed by atoms with van der Waals surface area (Å²) in [6.45, 7) is 4.77. The molecule has 6 heteroatoms. The number of hydrogen-bond donors (Lipinski definition) is 0. The van der Waals surface area contributed by atoms with Gasteiger partial charge in [-0.2, -0.15) is 5.10 Å². The van der Waals surface area contributed by atoms with E-state index in [1.54, 1.807) is 4.68 Å². The molecule has 2 aromatic rings. The predicted octanol–water partition coefficient (Wildman–Crippen LogP) is 4.25. The van der Waals surface area contributed by atoms with Crippen LogP contribution in [0.4, 0.5) is 0 Å². The molecule has 2 rings (SSSR count). The van der Waals surface area contributed by atoms with E-state index in [-0.39, 0.29) is 0 Å². The second kappa shape index (κ2) is 7.18. The first kappa shape index (κ1) is 16.2. The third-order valence-corrected chi connectivity index (χ3v) is 4.23. The standard InChI is InChI=1S/C15H18BrClN2O2/c1-4-20-14-7-11(8-16)5-6-13(14)21-9-12-15(17)10(2)18-19(12)3/h5-7H,4,8-9H2,1-3H3. The monoisotopic (exact) mass is 372 g/mol. The van der Waals surface area contributed by atoms with Crippen LogP contribution in [0.15, 0.2) is 18.2 Å². The molecule has 0 aliphatic carbocycles. The number of alkyl halides is 1. The number of nitrogens with zero attached hydrogens (tertiary/aromatic N) is 2. The number of rotatable bonds is 6. The summed E-state index contributed by atoms with van der Waals surface area (Å²) in [5, 5.41) is 5.70. The Morgan fingerprint density at radius 2 is 2.05 bits per heavy atom. The van der Waals surface area contributed by atoms with Gasteiger partial charge in [0, 0.05) is 12.4 Å². The van der Waals surface area contributed by atoms with E-state index in [1.165, 1.54) is 0 Å². The summed E-state index contributed by atoms with van der Waals surface area (Å²) in [6.07, 6.45) is 0. The van der Waals surface area contributed by atoms with Gasteiger partial charge in [-0.1, -0.05) is 33.6 Å². The lowest BCUT2D eigenvalue weighted by molar-refractivity contribution is 0.262. The number of aryl methyl sites for hydroxylation is 2. The number of halogens is 2. The molecule has 0 atom stereocenters. The molecule has 0 aliphatic heterocycles. The Labute approximate surface area is 138 Å². The molecule has 0 aliphatic rings. The highest BCUT2D eigenvalue weighted by Crippen LogP contribution is 2.31. The fourth-order valence-corrected chi connectivity index (χ4v) is 2.57. The second-order valence-electron chi connectivity index (χ2n) is 4.61. The van der Waals surface area contributed by atoms with E-state index in [0.717, 1.165) is 28.0 Å². The van der Waals surface area contributed by atoms with Crippen LogP contribution in [0.3, 0.4) is 0 Å². The van der Waals surface area contributed by atoms with Gasteiger partial charge in [-0.15, -0.1) is 0 Å². The Hall–Kier alpha value is -1.20. The quantitative estimate of drug-likeness (QED) is 0.710. The molecule has 0 radical (unpaired) electrons. The SMILES string of the molecule is CCOc1cc(CBr)ccc1OCc1c(Cl)c(C)nn1C. The van der Waals surface area contributed by atoms with Crippen LogP contribution in [0.1, 0.15) is 23.9 Å². The summed E-state index contributed by atoms with van der Waals surface area (Å²) in [4.78, 5) is 0. The van der Waals surface area contributed by atoms with Crippen LogP contribution in [-0.4, -0.2) is 16.4 Å². The van der Waals surface area contributed by atoms with Crippen molar-refractivity contribution < 1.29 is 9.47 Å². The van der Waals surface area contributed by atoms with Gasteiger partial charge in [0.1, 0.15) is 6.61 Å².